The molecule has 0 heterocycles. The zero-order chi connectivity index (χ0) is 12.3. The molecule has 0 N–H and O–H groups in total. The Bertz CT molecular complexity index is 503. The number of rotatable bonds is 4. The number of carbonyl (C=O) groups is 1. The molecule has 0 aliphatic heterocycles. The first-order chi connectivity index (χ1) is 7.37. The molecule has 0 aromatic heterocycles. The summed E-state index contributed by atoms with van der Waals surface area (Å²) in [5.41, 5.74) is 1.88. The zero-order valence-electron chi connectivity index (χ0n) is 9.48. The highest BCUT2D eigenvalue weighted by Gasteiger charge is 2.13. The van der Waals surface area contributed by atoms with Gasteiger partial charge in [0.15, 0.2) is 0 Å². The van der Waals surface area contributed by atoms with E-state index in [1.807, 2.05) is 6.92 Å². The van der Waals surface area contributed by atoms with Crippen molar-refractivity contribution in [2.45, 2.75) is 20.3 Å². The summed E-state index contributed by atoms with van der Waals surface area (Å²) in [5.74, 6) is 0.329. The van der Waals surface area contributed by atoms with Crippen molar-refractivity contribution in [3.63, 3.8) is 0 Å². The van der Waals surface area contributed by atoms with Gasteiger partial charge in [-0.15, -0.1) is 0 Å². The summed E-state index contributed by atoms with van der Waals surface area (Å²) in [6, 6.07) is 3.24. The molecule has 0 saturated heterocycles. The van der Waals surface area contributed by atoms with Crippen LogP contribution in [0.25, 0.3) is 0 Å². The minimum atomic E-state index is -3.54. The monoisotopic (exact) mass is 242 g/mol. The molecule has 0 unspecified atom stereocenters. The van der Waals surface area contributed by atoms with E-state index in [1.165, 1.54) is 0 Å². The van der Waals surface area contributed by atoms with Crippen LogP contribution in [0, 0.1) is 6.92 Å². The minimum absolute atomic E-state index is 0.329. The Morgan fingerprint density at radius 3 is 2.44 bits per heavy atom. The third-order valence-electron chi connectivity index (χ3n) is 2.13. The molecular formula is C11H14O4S. The standard InChI is InChI=1S/C11H14O4S/c1-4-10-6-9(7-12)5-8(2)11(10)15-16(3,13)14/h5-7H,4H2,1-3H3. The van der Waals surface area contributed by atoms with Crippen LogP contribution < -0.4 is 4.18 Å². The highest BCUT2D eigenvalue weighted by atomic mass is 32.2. The van der Waals surface area contributed by atoms with Gasteiger partial charge in [0.25, 0.3) is 0 Å². The summed E-state index contributed by atoms with van der Waals surface area (Å²) in [4.78, 5) is 10.7. The van der Waals surface area contributed by atoms with E-state index in [-0.39, 0.29) is 0 Å². The summed E-state index contributed by atoms with van der Waals surface area (Å²) < 4.78 is 27.1. The number of benzene rings is 1. The van der Waals surface area contributed by atoms with Gasteiger partial charge in [-0.1, -0.05) is 6.92 Å². The summed E-state index contributed by atoms with van der Waals surface area (Å²) >= 11 is 0. The predicted molar refractivity (Wildman–Crippen MR) is 61.4 cm³/mol. The number of hydrogen-bond acceptors (Lipinski definition) is 4. The van der Waals surface area contributed by atoms with Crippen LogP contribution >= 0.6 is 0 Å². The lowest BCUT2D eigenvalue weighted by atomic mass is 10.0. The number of hydrogen-bond donors (Lipinski definition) is 0. The Labute approximate surface area is 95.4 Å². The molecule has 5 heteroatoms. The van der Waals surface area contributed by atoms with Crippen LogP contribution in [0.5, 0.6) is 5.75 Å². The highest BCUT2D eigenvalue weighted by Crippen LogP contribution is 2.26. The number of aldehydes is 1. The fourth-order valence-electron chi connectivity index (χ4n) is 1.48. The highest BCUT2D eigenvalue weighted by molar-refractivity contribution is 7.86. The second-order valence-corrected chi connectivity index (χ2v) is 5.16. The average Bonchev–Trinajstić information content (AvgIpc) is 2.19. The van der Waals surface area contributed by atoms with E-state index in [9.17, 15) is 13.2 Å². The van der Waals surface area contributed by atoms with Crippen molar-refractivity contribution in [2.75, 3.05) is 6.26 Å². The van der Waals surface area contributed by atoms with E-state index in [0.717, 1.165) is 12.5 Å². The van der Waals surface area contributed by atoms with Crippen molar-refractivity contribution >= 4 is 16.4 Å². The Balaban J connectivity index is 3.32. The van der Waals surface area contributed by atoms with E-state index in [2.05, 4.69) is 0 Å². The van der Waals surface area contributed by atoms with E-state index in [1.54, 1.807) is 19.1 Å². The first-order valence-electron chi connectivity index (χ1n) is 4.85. The molecule has 0 atom stereocenters. The molecular weight excluding hydrogens is 228 g/mol. The third-order valence-corrected chi connectivity index (χ3v) is 2.59. The van der Waals surface area contributed by atoms with Gasteiger partial charge in [-0.2, -0.15) is 8.42 Å². The molecule has 0 fully saturated rings. The second kappa shape index (κ2) is 4.65. The Morgan fingerprint density at radius 1 is 1.38 bits per heavy atom. The third kappa shape index (κ3) is 3.06. The predicted octanol–water partition coefficient (Wildman–Crippen LogP) is 1.71. The molecule has 0 aliphatic carbocycles. The van der Waals surface area contributed by atoms with Crippen molar-refractivity contribution in [3.8, 4) is 5.75 Å². The Kier molecular flexibility index (Phi) is 3.70. The molecule has 1 rings (SSSR count). The molecule has 16 heavy (non-hydrogen) atoms. The van der Waals surface area contributed by atoms with Gasteiger partial charge < -0.3 is 4.18 Å². The van der Waals surface area contributed by atoms with E-state index in [0.29, 0.717) is 28.9 Å². The summed E-state index contributed by atoms with van der Waals surface area (Å²) in [6.07, 6.45) is 2.34. The van der Waals surface area contributed by atoms with Crippen LogP contribution in [0.2, 0.25) is 0 Å². The molecule has 0 spiro atoms. The first kappa shape index (κ1) is 12.7. The minimum Gasteiger partial charge on any atom is -0.382 e. The van der Waals surface area contributed by atoms with Crippen LogP contribution in [0.4, 0.5) is 0 Å². The van der Waals surface area contributed by atoms with Crippen LogP contribution in [0.3, 0.4) is 0 Å². The molecule has 0 aliphatic rings. The topological polar surface area (TPSA) is 60.4 Å². The van der Waals surface area contributed by atoms with Gasteiger partial charge in [0.2, 0.25) is 0 Å². The zero-order valence-corrected chi connectivity index (χ0v) is 10.3. The van der Waals surface area contributed by atoms with Crippen LogP contribution in [-0.2, 0) is 16.5 Å². The molecule has 88 valence electrons. The molecule has 1 aromatic rings. The maximum Gasteiger partial charge on any atom is 0.306 e. The van der Waals surface area contributed by atoms with Crippen LogP contribution in [-0.4, -0.2) is 21.0 Å². The maximum atomic E-state index is 11.1. The molecule has 0 amide bonds. The Hall–Kier alpha value is -1.36. The van der Waals surface area contributed by atoms with Crippen molar-refractivity contribution in [3.05, 3.63) is 28.8 Å². The van der Waals surface area contributed by atoms with Crippen molar-refractivity contribution < 1.29 is 17.4 Å². The van der Waals surface area contributed by atoms with Gasteiger partial charge in [0, 0.05) is 5.56 Å². The largest absolute Gasteiger partial charge is 0.382 e. The van der Waals surface area contributed by atoms with E-state index in [4.69, 9.17) is 4.18 Å². The SMILES string of the molecule is CCc1cc(C=O)cc(C)c1OS(C)(=O)=O. The number of aryl methyl sites for hydroxylation is 2. The van der Waals surface area contributed by atoms with Crippen molar-refractivity contribution in [1.29, 1.82) is 0 Å². The Morgan fingerprint density at radius 2 is 2.00 bits per heavy atom. The van der Waals surface area contributed by atoms with Crippen molar-refractivity contribution in [1.82, 2.24) is 0 Å². The quantitative estimate of drug-likeness (QED) is 0.595. The molecule has 0 saturated carbocycles. The van der Waals surface area contributed by atoms with Gasteiger partial charge in [0.05, 0.1) is 6.26 Å². The van der Waals surface area contributed by atoms with Gasteiger partial charge in [0.1, 0.15) is 12.0 Å². The van der Waals surface area contributed by atoms with Crippen LogP contribution in [0.1, 0.15) is 28.4 Å². The molecule has 4 nitrogen and oxygen atoms in total. The first-order valence-corrected chi connectivity index (χ1v) is 6.67. The number of carbonyl (C=O) groups excluding carboxylic acids is 1. The van der Waals surface area contributed by atoms with Crippen molar-refractivity contribution in [2.24, 2.45) is 0 Å². The van der Waals surface area contributed by atoms with E-state index >= 15 is 0 Å². The van der Waals surface area contributed by atoms with Gasteiger partial charge in [-0.3, -0.25) is 4.79 Å². The molecule has 0 bridgehead atoms. The summed E-state index contributed by atoms with van der Waals surface area (Å²) in [6.45, 7) is 3.59. The van der Waals surface area contributed by atoms with Gasteiger partial charge in [-0.05, 0) is 36.6 Å². The summed E-state index contributed by atoms with van der Waals surface area (Å²) in [7, 11) is -3.54. The van der Waals surface area contributed by atoms with Gasteiger partial charge >= 0.3 is 10.1 Å². The summed E-state index contributed by atoms with van der Waals surface area (Å²) in [5, 5.41) is 0. The fourth-order valence-corrected chi connectivity index (χ4v) is 2.02. The normalized spacial score (nSPS) is 11.2. The molecule has 0 radical (unpaired) electrons. The van der Waals surface area contributed by atoms with Crippen LogP contribution in [0.15, 0.2) is 12.1 Å². The fraction of sp³-hybridized carbons (Fsp3) is 0.364. The lowest BCUT2D eigenvalue weighted by Crippen LogP contribution is -2.09. The average molecular weight is 242 g/mol. The second-order valence-electron chi connectivity index (χ2n) is 3.58. The lowest BCUT2D eigenvalue weighted by molar-refractivity contribution is 0.112. The van der Waals surface area contributed by atoms with Gasteiger partial charge in [-0.25, -0.2) is 0 Å². The molecule has 1 aromatic carbocycles. The smallest absolute Gasteiger partial charge is 0.306 e. The maximum absolute atomic E-state index is 11.1. The lowest BCUT2D eigenvalue weighted by Gasteiger charge is -2.11. The van der Waals surface area contributed by atoms with E-state index < -0.39 is 10.1 Å².